The number of hydrogen-bond acceptors (Lipinski definition) is 5. The summed E-state index contributed by atoms with van der Waals surface area (Å²) in [6.07, 6.45) is 3.12. The molecular formula is C23H37N3O4. The van der Waals surface area contributed by atoms with Crippen LogP contribution < -0.4 is 20.1 Å². The highest BCUT2D eigenvalue weighted by atomic mass is 16.7. The van der Waals surface area contributed by atoms with Crippen LogP contribution in [-0.4, -0.2) is 58.8 Å². The van der Waals surface area contributed by atoms with Gasteiger partial charge in [-0.2, -0.15) is 0 Å². The highest BCUT2D eigenvalue weighted by Crippen LogP contribution is 2.40. The van der Waals surface area contributed by atoms with E-state index in [9.17, 15) is 0 Å². The van der Waals surface area contributed by atoms with Crippen LogP contribution in [0.2, 0.25) is 0 Å². The Bertz CT molecular complexity index is 702. The Morgan fingerprint density at radius 3 is 2.63 bits per heavy atom. The molecular weight excluding hydrogens is 382 g/mol. The minimum absolute atomic E-state index is 0.0252. The monoisotopic (exact) mass is 419 g/mol. The SMILES string of the molecule is CCOC(CCNC(=NC)NCC1(c2ccc3c(c2)OCO3)CCOCC1)C(C)C. The van der Waals surface area contributed by atoms with Crippen LogP contribution in [0.5, 0.6) is 11.5 Å². The van der Waals surface area contributed by atoms with Crippen molar-refractivity contribution in [3.8, 4) is 11.5 Å². The third-order valence-electron chi connectivity index (χ3n) is 6.10. The maximum atomic E-state index is 5.85. The minimum atomic E-state index is -0.0252. The highest BCUT2D eigenvalue weighted by molar-refractivity contribution is 5.79. The molecule has 2 N–H and O–H groups in total. The first-order chi connectivity index (χ1) is 14.6. The number of rotatable bonds is 9. The molecule has 1 fully saturated rings. The van der Waals surface area contributed by atoms with E-state index in [0.29, 0.717) is 12.7 Å². The second-order valence-corrected chi connectivity index (χ2v) is 8.34. The Labute approximate surface area is 180 Å². The zero-order valence-corrected chi connectivity index (χ0v) is 18.8. The molecule has 0 aromatic heterocycles. The Kier molecular flexibility index (Phi) is 8.22. The highest BCUT2D eigenvalue weighted by Gasteiger charge is 2.35. The number of ether oxygens (including phenoxy) is 4. The van der Waals surface area contributed by atoms with Gasteiger partial charge in [-0.1, -0.05) is 19.9 Å². The van der Waals surface area contributed by atoms with Gasteiger partial charge in [0, 0.05) is 45.4 Å². The van der Waals surface area contributed by atoms with Gasteiger partial charge >= 0.3 is 0 Å². The molecule has 1 saturated heterocycles. The quantitative estimate of drug-likeness (QED) is 0.473. The summed E-state index contributed by atoms with van der Waals surface area (Å²) in [5.74, 6) is 2.97. The van der Waals surface area contributed by atoms with Gasteiger partial charge in [0.1, 0.15) is 0 Å². The number of aliphatic imine (C=N–C) groups is 1. The number of hydrogen-bond donors (Lipinski definition) is 2. The molecule has 0 radical (unpaired) electrons. The van der Waals surface area contributed by atoms with E-state index >= 15 is 0 Å². The van der Waals surface area contributed by atoms with E-state index in [2.05, 4.69) is 41.6 Å². The average molecular weight is 420 g/mol. The van der Waals surface area contributed by atoms with Crippen LogP contribution in [0.25, 0.3) is 0 Å². The molecule has 2 heterocycles. The van der Waals surface area contributed by atoms with Crippen molar-refractivity contribution in [2.45, 2.75) is 51.6 Å². The number of guanidine groups is 1. The van der Waals surface area contributed by atoms with Crippen LogP contribution in [-0.2, 0) is 14.9 Å². The first-order valence-electron chi connectivity index (χ1n) is 11.1. The molecule has 0 bridgehead atoms. The van der Waals surface area contributed by atoms with Crippen molar-refractivity contribution < 1.29 is 18.9 Å². The summed E-state index contributed by atoms with van der Waals surface area (Å²) < 4.78 is 22.6. The van der Waals surface area contributed by atoms with Crippen LogP contribution in [0.3, 0.4) is 0 Å². The Morgan fingerprint density at radius 2 is 1.93 bits per heavy atom. The maximum absolute atomic E-state index is 5.85. The molecule has 0 amide bonds. The van der Waals surface area contributed by atoms with Crippen molar-refractivity contribution in [2.24, 2.45) is 10.9 Å². The zero-order valence-electron chi connectivity index (χ0n) is 18.8. The van der Waals surface area contributed by atoms with Crippen LogP contribution >= 0.6 is 0 Å². The molecule has 0 aliphatic carbocycles. The Morgan fingerprint density at radius 1 is 1.17 bits per heavy atom. The van der Waals surface area contributed by atoms with Crippen LogP contribution in [0.1, 0.15) is 45.6 Å². The lowest BCUT2D eigenvalue weighted by molar-refractivity contribution is 0.0258. The summed E-state index contributed by atoms with van der Waals surface area (Å²) in [5.41, 5.74) is 1.23. The van der Waals surface area contributed by atoms with E-state index < -0.39 is 0 Å². The first kappa shape index (κ1) is 22.7. The first-order valence-corrected chi connectivity index (χ1v) is 11.1. The van der Waals surface area contributed by atoms with Crippen molar-refractivity contribution >= 4 is 5.96 Å². The molecule has 1 aromatic carbocycles. The third kappa shape index (κ3) is 5.58. The van der Waals surface area contributed by atoms with Crippen molar-refractivity contribution in [3.63, 3.8) is 0 Å². The minimum Gasteiger partial charge on any atom is -0.454 e. The van der Waals surface area contributed by atoms with E-state index in [4.69, 9.17) is 18.9 Å². The summed E-state index contributed by atoms with van der Waals surface area (Å²) >= 11 is 0. The van der Waals surface area contributed by atoms with Gasteiger partial charge in [0.05, 0.1) is 6.10 Å². The van der Waals surface area contributed by atoms with E-state index in [0.717, 1.165) is 69.6 Å². The molecule has 1 aromatic rings. The summed E-state index contributed by atoms with van der Waals surface area (Å²) in [7, 11) is 1.81. The molecule has 168 valence electrons. The molecule has 7 heteroatoms. The van der Waals surface area contributed by atoms with Gasteiger partial charge in [0.15, 0.2) is 17.5 Å². The topological polar surface area (TPSA) is 73.3 Å². The lowest BCUT2D eigenvalue weighted by Crippen LogP contribution is -2.48. The predicted octanol–water partition coefficient (Wildman–Crippen LogP) is 3.08. The fourth-order valence-corrected chi connectivity index (χ4v) is 4.19. The zero-order chi connectivity index (χ0) is 21.4. The molecule has 3 rings (SSSR count). The van der Waals surface area contributed by atoms with Crippen LogP contribution in [0.4, 0.5) is 0 Å². The second-order valence-electron chi connectivity index (χ2n) is 8.34. The number of fused-ring (bicyclic) bond motifs is 1. The molecule has 0 spiro atoms. The van der Waals surface area contributed by atoms with E-state index in [1.54, 1.807) is 0 Å². The number of nitrogens with zero attached hydrogens (tertiary/aromatic N) is 1. The van der Waals surface area contributed by atoms with E-state index in [-0.39, 0.29) is 11.5 Å². The van der Waals surface area contributed by atoms with Crippen LogP contribution in [0.15, 0.2) is 23.2 Å². The summed E-state index contributed by atoms with van der Waals surface area (Å²) in [4.78, 5) is 4.42. The van der Waals surface area contributed by atoms with Crippen molar-refractivity contribution in [2.75, 3.05) is 46.8 Å². The average Bonchev–Trinajstić information content (AvgIpc) is 3.24. The van der Waals surface area contributed by atoms with E-state index in [1.165, 1.54) is 5.56 Å². The van der Waals surface area contributed by atoms with Gasteiger partial charge in [-0.25, -0.2) is 0 Å². The molecule has 30 heavy (non-hydrogen) atoms. The molecule has 2 aliphatic heterocycles. The standard InChI is InChI=1S/C23H37N3O4/c1-5-28-19(17(2)3)8-11-25-22(24-4)26-15-23(9-12-27-13-10-23)18-6-7-20-21(14-18)30-16-29-20/h6-7,14,17,19H,5,8-13,15-16H2,1-4H3,(H2,24,25,26). The number of nitrogens with one attached hydrogen (secondary N) is 2. The summed E-state index contributed by atoms with van der Waals surface area (Å²) in [5, 5.41) is 7.00. The summed E-state index contributed by atoms with van der Waals surface area (Å²) in [6.45, 7) is 10.6. The smallest absolute Gasteiger partial charge is 0.231 e. The fraction of sp³-hybridized carbons (Fsp3) is 0.696. The normalized spacial score (nSPS) is 19.0. The van der Waals surface area contributed by atoms with Gasteiger partial charge in [-0.15, -0.1) is 0 Å². The van der Waals surface area contributed by atoms with Gasteiger partial charge in [0.2, 0.25) is 6.79 Å². The third-order valence-corrected chi connectivity index (χ3v) is 6.10. The second kappa shape index (κ2) is 10.9. The van der Waals surface area contributed by atoms with Crippen molar-refractivity contribution in [3.05, 3.63) is 23.8 Å². The molecule has 2 aliphatic rings. The Hall–Kier alpha value is -1.99. The fourth-order valence-electron chi connectivity index (χ4n) is 4.19. The van der Waals surface area contributed by atoms with Gasteiger partial charge < -0.3 is 29.6 Å². The van der Waals surface area contributed by atoms with Gasteiger partial charge in [-0.05, 0) is 49.8 Å². The largest absolute Gasteiger partial charge is 0.454 e. The van der Waals surface area contributed by atoms with Crippen molar-refractivity contribution in [1.29, 1.82) is 0 Å². The predicted molar refractivity (Wildman–Crippen MR) is 119 cm³/mol. The van der Waals surface area contributed by atoms with Crippen molar-refractivity contribution in [1.82, 2.24) is 10.6 Å². The van der Waals surface area contributed by atoms with Gasteiger partial charge in [-0.3, -0.25) is 4.99 Å². The van der Waals surface area contributed by atoms with Crippen LogP contribution in [0, 0.1) is 5.92 Å². The molecule has 7 nitrogen and oxygen atoms in total. The lowest BCUT2D eigenvalue weighted by atomic mass is 9.74. The number of benzene rings is 1. The summed E-state index contributed by atoms with van der Waals surface area (Å²) in [6, 6.07) is 6.30. The lowest BCUT2D eigenvalue weighted by Gasteiger charge is -2.38. The molecule has 0 saturated carbocycles. The molecule has 1 atom stereocenters. The maximum Gasteiger partial charge on any atom is 0.231 e. The van der Waals surface area contributed by atoms with E-state index in [1.807, 2.05) is 20.0 Å². The molecule has 1 unspecified atom stereocenters. The Balaban J connectivity index is 1.61. The van der Waals surface area contributed by atoms with Gasteiger partial charge in [0.25, 0.3) is 0 Å².